The Labute approximate surface area is 192 Å². The van der Waals surface area contributed by atoms with Crippen LogP contribution in [0.25, 0.3) is 0 Å². The van der Waals surface area contributed by atoms with Crippen molar-refractivity contribution in [2.75, 3.05) is 18.4 Å². The average molecular weight is 479 g/mol. The van der Waals surface area contributed by atoms with Crippen LogP contribution in [-0.4, -0.2) is 23.9 Å². The normalized spacial score (nSPS) is 14.2. The van der Waals surface area contributed by atoms with Crippen molar-refractivity contribution in [2.24, 2.45) is 0 Å². The number of halogens is 1. The van der Waals surface area contributed by atoms with E-state index in [-0.39, 0.29) is 5.91 Å². The van der Waals surface area contributed by atoms with Gasteiger partial charge in [0.25, 0.3) is 5.91 Å². The van der Waals surface area contributed by atoms with E-state index >= 15 is 0 Å². The smallest absolute Gasteiger partial charge is 0.255 e. The molecular formula is C26H27BrN2O2. The van der Waals surface area contributed by atoms with Gasteiger partial charge in [-0.15, -0.1) is 0 Å². The minimum absolute atomic E-state index is 0.116. The Bertz CT molecular complexity index is 997. The van der Waals surface area contributed by atoms with Gasteiger partial charge < -0.3 is 10.1 Å². The molecule has 0 bridgehead atoms. The standard InChI is InChI=1S/C26H27BrN2O2/c27-23-9-13-25(14-10-23)31-19-21-5-4-6-22(17-21)26(30)28-24-11-7-20(8-12-24)18-29-15-2-1-3-16-29/h4-14,17H,1-3,15-16,18-19H2,(H,28,30). The molecule has 0 atom stereocenters. The first kappa shape index (κ1) is 21.6. The summed E-state index contributed by atoms with van der Waals surface area (Å²) in [4.78, 5) is 15.2. The molecule has 1 amide bonds. The number of carbonyl (C=O) groups excluding carboxylic acids is 1. The van der Waals surface area contributed by atoms with E-state index in [4.69, 9.17) is 4.74 Å². The summed E-state index contributed by atoms with van der Waals surface area (Å²) in [7, 11) is 0. The third-order valence-electron chi connectivity index (χ3n) is 5.47. The van der Waals surface area contributed by atoms with Gasteiger partial charge in [0.05, 0.1) is 0 Å². The molecule has 1 saturated heterocycles. The fourth-order valence-electron chi connectivity index (χ4n) is 3.77. The number of carbonyl (C=O) groups is 1. The number of nitrogens with zero attached hydrogens (tertiary/aromatic N) is 1. The molecule has 31 heavy (non-hydrogen) atoms. The minimum atomic E-state index is -0.116. The first-order valence-electron chi connectivity index (χ1n) is 10.8. The molecular weight excluding hydrogens is 452 g/mol. The second-order valence-electron chi connectivity index (χ2n) is 7.93. The van der Waals surface area contributed by atoms with Crippen molar-refractivity contribution < 1.29 is 9.53 Å². The number of benzene rings is 3. The highest BCUT2D eigenvalue weighted by molar-refractivity contribution is 9.10. The molecule has 0 radical (unpaired) electrons. The van der Waals surface area contributed by atoms with Crippen LogP contribution >= 0.6 is 15.9 Å². The number of piperidine rings is 1. The maximum Gasteiger partial charge on any atom is 0.255 e. The molecule has 1 heterocycles. The molecule has 3 aromatic rings. The topological polar surface area (TPSA) is 41.6 Å². The Hall–Kier alpha value is -2.63. The number of ether oxygens (including phenoxy) is 1. The first-order chi connectivity index (χ1) is 15.2. The number of anilines is 1. The van der Waals surface area contributed by atoms with Crippen LogP contribution in [0.2, 0.25) is 0 Å². The highest BCUT2D eigenvalue weighted by atomic mass is 79.9. The van der Waals surface area contributed by atoms with Crippen LogP contribution in [0.15, 0.2) is 77.3 Å². The second kappa shape index (κ2) is 10.6. The summed E-state index contributed by atoms with van der Waals surface area (Å²) >= 11 is 3.42. The molecule has 5 heteroatoms. The van der Waals surface area contributed by atoms with Crippen molar-refractivity contribution in [3.05, 3.63) is 94.0 Å². The molecule has 1 aliphatic rings. The highest BCUT2D eigenvalue weighted by Crippen LogP contribution is 2.19. The van der Waals surface area contributed by atoms with Gasteiger partial charge in [0.1, 0.15) is 12.4 Å². The van der Waals surface area contributed by atoms with Crippen LogP contribution in [-0.2, 0) is 13.2 Å². The summed E-state index contributed by atoms with van der Waals surface area (Å²) in [6.45, 7) is 3.75. The van der Waals surface area contributed by atoms with Crippen LogP contribution in [0.1, 0.15) is 40.7 Å². The molecule has 4 nitrogen and oxygen atoms in total. The lowest BCUT2D eigenvalue weighted by molar-refractivity contribution is 0.102. The Kier molecular flexibility index (Phi) is 7.39. The molecule has 0 spiro atoms. The van der Waals surface area contributed by atoms with Crippen molar-refractivity contribution in [1.29, 1.82) is 0 Å². The molecule has 0 unspecified atom stereocenters. The number of amides is 1. The van der Waals surface area contributed by atoms with Crippen LogP contribution < -0.4 is 10.1 Å². The van der Waals surface area contributed by atoms with E-state index in [9.17, 15) is 4.79 Å². The van der Waals surface area contributed by atoms with Crippen molar-refractivity contribution in [1.82, 2.24) is 4.90 Å². The minimum Gasteiger partial charge on any atom is -0.489 e. The number of hydrogen-bond acceptors (Lipinski definition) is 3. The zero-order chi connectivity index (χ0) is 21.5. The van der Waals surface area contributed by atoms with Gasteiger partial charge in [-0.25, -0.2) is 0 Å². The maximum absolute atomic E-state index is 12.7. The maximum atomic E-state index is 12.7. The molecule has 0 saturated carbocycles. The van der Waals surface area contributed by atoms with Crippen LogP contribution in [0.4, 0.5) is 5.69 Å². The van der Waals surface area contributed by atoms with Crippen molar-refractivity contribution in [3.63, 3.8) is 0 Å². The van der Waals surface area contributed by atoms with Gasteiger partial charge in [-0.05, 0) is 85.6 Å². The third-order valence-corrected chi connectivity index (χ3v) is 6.00. The summed E-state index contributed by atoms with van der Waals surface area (Å²) in [5, 5.41) is 3.00. The fourth-order valence-corrected chi connectivity index (χ4v) is 4.04. The van der Waals surface area contributed by atoms with Gasteiger partial charge in [0.15, 0.2) is 0 Å². The van der Waals surface area contributed by atoms with Gasteiger partial charge in [0, 0.05) is 22.3 Å². The van der Waals surface area contributed by atoms with E-state index in [1.165, 1.54) is 37.9 Å². The molecule has 0 aliphatic carbocycles. The number of nitrogens with one attached hydrogen (secondary N) is 1. The average Bonchev–Trinajstić information content (AvgIpc) is 2.81. The summed E-state index contributed by atoms with van der Waals surface area (Å²) < 4.78 is 6.83. The van der Waals surface area contributed by atoms with E-state index in [1.807, 2.05) is 60.7 Å². The Balaban J connectivity index is 1.32. The molecule has 3 aromatic carbocycles. The van der Waals surface area contributed by atoms with Crippen molar-refractivity contribution >= 4 is 27.5 Å². The zero-order valence-electron chi connectivity index (χ0n) is 17.5. The predicted octanol–water partition coefficient (Wildman–Crippen LogP) is 6.27. The largest absolute Gasteiger partial charge is 0.489 e. The summed E-state index contributed by atoms with van der Waals surface area (Å²) in [5.41, 5.74) is 3.66. The number of hydrogen-bond donors (Lipinski definition) is 1. The van der Waals surface area contributed by atoms with Gasteiger partial charge in [-0.2, -0.15) is 0 Å². The van der Waals surface area contributed by atoms with E-state index < -0.39 is 0 Å². The Morgan fingerprint density at radius 1 is 0.903 bits per heavy atom. The lowest BCUT2D eigenvalue weighted by atomic mass is 10.1. The summed E-state index contributed by atoms with van der Waals surface area (Å²) in [5.74, 6) is 0.678. The van der Waals surface area contributed by atoms with Crippen molar-refractivity contribution in [3.8, 4) is 5.75 Å². The van der Waals surface area contributed by atoms with E-state index in [0.717, 1.165) is 28.0 Å². The SMILES string of the molecule is O=C(Nc1ccc(CN2CCCCC2)cc1)c1cccc(COc2ccc(Br)cc2)c1. The van der Waals surface area contributed by atoms with Gasteiger partial charge >= 0.3 is 0 Å². The molecule has 1 aliphatic heterocycles. The fraction of sp³-hybridized carbons (Fsp3) is 0.269. The highest BCUT2D eigenvalue weighted by Gasteiger charge is 2.11. The number of rotatable bonds is 7. The zero-order valence-corrected chi connectivity index (χ0v) is 19.1. The van der Waals surface area contributed by atoms with Gasteiger partial charge in [-0.1, -0.05) is 46.6 Å². The van der Waals surface area contributed by atoms with Crippen LogP contribution in [0.3, 0.4) is 0 Å². The lowest BCUT2D eigenvalue weighted by Gasteiger charge is -2.26. The lowest BCUT2D eigenvalue weighted by Crippen LogP contribution is -2.29. The van der Waals surface area contributed by atoms with Crippen LogP contribution in [0, 0.1) is 0 Å². The Morgan fingerprint density at radius 3 is 2.39 bits per heavy atom. The van der Waals surface area contributed by atoms with Gasteiger partial charge in [-0.3, -0.25) is 9.69 Å². The Morgan fingerprint density at radius 2 is 1.65 bits per heavy atom. The predicted molar refractivity (Wildman–Crippen MR) is 128 cm³/mol. The molecule has 4 rings (SSSR count). The van der Waals surface area contributed by atoms with Gasteiger partial charge in [0.2, 0.25) is 0 Å². The quantitative estimate of drug-likeness (QED) is 0.435. The first-order valence-corrected chi connectivity index (χ1v) is 11.5. The van der Waals surface area contributed by atoms with Crippen LogP contribution in [0.5, 0.6) is 5.75 Å². The van der Waals surface area contributed by atoms with Crippen molar-refractivity contribution in [2.45, 2.75) is 32.4 Å². The molecule has 160 valence electrons. The molecule has 1 N–H and O–H groups in total. The van der Waals surface area contributed by atoms with E-state index in [0.29, 0.717) is 12.2 Å². The van der Waals surface area contributed by atoms with E-state index in [1.54, 1.807) is 0 Å². The summed E-state index contributed by atoms with van der Waals surface area (Å²) in [6.07, 6.45) is 3.93. The molecule has 0 aromatic heterocycles. The second-order valence-corrected chi connectivity index (χ2v) is 8.85. The van der Waals surface area contributed by atoms with E-state index in [2.05, 4.69) is 38.3 Å². The summed E-state index contributed by atoms with van der Waals surface area (Å²) in [6, 6.07) is 23.4. The third kappa shape index (κ3) is 6.42. The number of likely N-dealkylation sites (tertiary alicyclic amines) is 1. The monoisotopic (exact) mass is 478 g/mol. The molecule has 1 fully saturated rings.